The molecule has 1 aliphatic heterocycles. The molecule has 2 aromatic rings. The Morgan fingerprint density at radius 1 is 1.29 bits per heavy atom. The molecule has 0 radical (unpaired) electrons. The molecule has 24 heavy (non-hydrogen) atoms. The van der Waals surface area contributed by atoms with Crippen molar-refractivity contribution in [3.63, 3.8) is 0 Å². The van der Waals surface area contributed by atoms with Gasteiger partial charge in [-0.05, 0) is 57.1 Å². The summed E-state index contributed by atoms with van der Waals surface area (Å²) in [7, 11) is 0. The number of carbonyl (C=O) groups excluding carboxylic acids is 1. The van der Waals surface area contributed by atoms with Gasteiger partial charge in [-0.25, -0.2) is 0 Å². The van der Waals surface area contributed by atoms with Gasteiger partial charge in [-0.15, -0.1) is 11.8 Å². The maximum Gasteiger partial charge on any atom is 0.230 e. The molecule has 1 fully saturated rings. The highest BCUT2D eigenvalue weighted by Gasteiger charge is 2.26. The van der Waals surface area contributed by atoms with Gasteiger partial charge in [0.2, 0.25) is 5.91 Å². The second-order valence-electron chi connectivity index (χ2n) is 5.98. The number of nitrogens with zero attached hydrogens (tertiary/aromatic N) is 2. The minimum atomic E-state index is 0.0456. The van der Waals surface area contributed by atoms with Gasteiger partial charge in [-0.1, -0.05) is 0 Å². The lowest BCUT2D eigenvalue weighted by Gasteiger charge is -2.26. The molecule has 0 saturated carbocycles. The molecule has 1 atom stereocenters. The summed E-state index contributed by atoms with van der Waals surface area (Å²) in [6.45, 7) is 4.66. The number of thioether (sulfide) groups is 1. The average Bonchev–Trinajstić information content (AvgIpc) is 3.27. The van der Waals surface area contributed by atoms with E-state index in [-0.39, 0.29) is 11.9 Å². The van der Waals surface area contributed by atoms with Crippen LogP contribution < -0.4 is 5.32 Å². The number of aryl methyl sites for hydroxylation is 1. The van der Waals surface area contributed by atoms with E-state index in [0.29, 0.717) is 12.3 Å². The highest BCUT2D eigenvalue weighted by atomic mass is 32.2. The van der Waals surface area contributed by atoms with Gasteiger partial charge in [0.15, 0.2) is 0 Å². The van der Waals surface area contributed by atoms with Crippen LogP contribution in [-0.2, 0) is 4.79 Å². The van der Waals surface area contributed by atoms with Crippen LogP contribution in [0.15, 0.2) is 46.0 Å². The number of rotatable bonds is 7. The molecule has 6 heteroatoms. The van der Waals surface area contributed by atoms with Crippen LogP contribution in [0, 0.1) is 6.92 Å². The van der Waals surface area contributed by atoms with E-state index >= 15 is 0 Å². The fourth-order valence-electron chi connectivity index (χ4n) is 2.94. The van der Waals surface area contributed by atoms with E-state index in [1.807, 2.05) is 31.2 Å². The summed E-state index contributed by atoms with van der Waals surface area (Å²) in [4.78, 5) is 19.6. The Hall–Kier alpha value is -1.79. The quantitative estimate of drug-likeness (QED) is 0.782. The van der Waals surface area contributed by atoms with Crippen molar-refractivity contribution in [1.29, 1.82) is 0 Å². The van der Waals surface area contributed by atoms with Crippen molar-refractivity contribution in [2.75, 3.05) is 25.4 Å². The molecule has 1 saturated heterocycles. The van der Waals surface area contributed by atoms with Gasteiger partial charge in [0.1, 0.15) is 11.5 Å². The molecule has 1 N–H and O–H groups in total. The summed E-state index contributed by atoms with van der Waals surface area (Å²) in [5.74, 6) is 2.31. The van der Waals surface area contributed by atoms with Gasteiger partial charge in [0, 0.05) is 23.8 Å². The fraction of sp³-hybridized carbons (Fsp3) is 0.444. The molecule has 0 aromatic carbocycles. The van der Waals surface area contributed by atoms with Crippen LogP contribution in [0.4, 0.5) is 0 Å². The van der Waals surface area contributed by atoms with Gasteiger partial charge in [-0.3, -0.25) is 14.7 Å². The van der Waals surface area contributed by atoms with Crippen LogP contribution in [0.5, 0.6) is 0 Å². The third-order valence-corrected chi connectivity index (χ3v) is 5.20. The third-order valence-electron chi connectivity index (χ3n) is 4.18. The van der Waals surface area contributed by atoms with E-state index in [1.54, 1.807) is 12.4 Å². The Balaban J connectivity index is 1.54. The molecule has 0 unspecified atom stereocenters. The summed E-state index contributed by atoms with van der Waals surface area (Å²) in [5, 5.41) is 3.06. The van der Waals surface area contributed by atoms with E-state index in [0.717, 1.165) is 29.5 Å². The number of carbonyl (C=O) groups is 1. The first-order valence-electron chi connectivity index (χ1n) is 8.32. The van der Waals surface area contributed by atoms with E-state index in [2.05, 4.69) is 15.2 Å². The third kappa shape index (κ3) is 4.61. The van der Waals surface area contributed by atoms with E-state index in [9.17, 15) is 4.79 Å². The lowest BCUT2D eigenvalue weighted by Crippen LogP contribution is -2.37. The molecule has 1 amide bonds. The van der Waals surface area contributed by atoms with E-state index < -0.39 is 0 Å². The van der Waals surface area contributed by atoms with E-state index in [4.69, 9.17) is 4.42 Å². The minimum Gasteiger partial charge on any atom is -0.465 e. The lowest BCUT2D eigenvalue weighted by molar-refractivity contribution is -0.118. The Bertz CT molecular complexity index is 653. The monoisotopic (exact) mass is 345 g/mol. The first kappa shape index (κ1) is 17.0. The molecular formula is C18H23N3O2S. The van der Waals surface area contributed by atoms with Gasteiger partial charge < -0.3 is 9.73 Å². The number of amides is 1. The summed E-state index contributed by atoms with van der Waals surface area (Å²) in [5.41, 5.74) is 0. The van der Waals surface area contributed by atoms with Crippen molar-refractivity contribution in [3.8, 4) is 0 Å². The number of aromatic nitrogens is 1. The highest BCUT2D eigenvalue weighted by Crippen LogP contribution is 2.26. The Kier molecular flexibility index (Phi) is 5.93. The van der Waals surface area contributed by atoms with Crippen LogP contribution in [-0.4, -0.2) is 41.2 Å². The summed E-state index contributed by atoms with van der Waals surface area (Å²) < 4.78 is 5.81. The Labute approximate surface area is 146 Å². The van der Waals surface area contributed by atoms with Crippen molar-refractivity contribution < 1.29 is 9.21 Å². The van der Waals surface area contributed by atoms with Crippen LogP contribution in [0.1, 0.15) is 30.4 Å². The molecule has 1 aliphatic rings. The number of likely N-dealkylation sites (tertiary alicyclic amines) is 1. The van der Waals surface area contributed by atoms with Crippen LogP contribution in [0.2, 0.25) is 0 Å². The Morgan fingerprint density at radius 3 is 2.71 bits per heavy atom. The highest BCUT2D eigenvalue weighted by molar-refractivity contribution is 8.00. The zero-order valence-corrected chi connectivity index (χ0v) is 14.7. The summed E-state index contributed by atoms with van der Waals surface area (Å²) in [6, 6.07) is 7.96. The normalized spacial score (nSPS) is 16.2. The standard InChI is InChI=1S/C18H23N3O2S/c1-14-4-5-17(23-14)16(21-10-2-3-11-21)12-20-18(22)13-24-15-6-8-19-9-7-15/h4-9,16H,2-3,10-13H2,1H3,(H,20,22)/t16-/m0/s1. The second-order valence-corrected chi connectivity index (χ2v) is 7.03. The molecule has 5 nitrogen and oxygen atoms in total. The zero-order valence-electron chi connectivity index (χ0n) is 13.9. The first-order valence-corrected chi connectivity index (χ1v) is 9.31. The van der Waals surface area contributed by atoms with Crippen molar-refractivity contribution in [2.24, 2.45) is 0 Å². The van der Waals surface area contributed by atoms with E-state index in [1.165, 1.54) is 24.6 Å². The van der Waals surface area contributed by atoms with Crippen molar-refractivity contribution >= 4 is 17.7 Å². The minimum absolute atomic E-state index is 0.0456. The maximum absolute atomic E-state index is 12.2. The van der Waals surface area contributed by atoms with Crippen LogP contribution in [0.3, 0.4) is 0 Å². The van der Waals surface area contributed by atoms with Gasteiger partial charge in [-0.2, -0.15) is 0 Å². The predicted molar refractivity (Wildman–Crippen MR) is 95.0 cm³/mol. The number of pyridine rings is 1. The molecule has 0 bridgehead atoms. The Morgan fingerprint density at radius 2 is 2.04 bits per heavy atom. The average molecular weight is 345 g/mol. The van der Waals surface area contributed by atoms with Gasteiger partial charge in [0.05, 0.1) is 11.8 Å². The first-order chi connectivity index (χ1) is 11.7. The SMILES string of the molecule is Cc1ccc([C@H](CNC(=O)CSc2ccncc2)N2CCCC2)o1. The topological polar surface area (TPSA) is 58.4 Å². The van der Waals surface area contributed by atoms with Crippen molar-refractivity contribution in [1.82, 2.24) is 15.2 Å². The molecule has 2 aromatic heterocycles. The number of nitrogens with one attached hydrogen (secondary N) is 1. The molecule has 3 rings (SSSR count). The fourth-order valence-corrected chi connectivity index (χ4v) is 3.65. The molecule has 0 spiro atoms. The van der Waals surface area contributed by atoms with Crippen molar-refractivity contribution in [3.05, 3.63) is 48.2 Å². The molecule has 3 heterocycles. The summed E-state index contributed by atoms with van der Waals surface area (Å²) >= 11 is 1.52. The lowest BCUT2D eigenvalue weighted by atomic mass is 10.2. The number of furan rings is 1. The largest absolute Gasteiger partial charge is 0.465 e. The van der Waals surface area contributed by atoms with Crippen molar-refractivity contribution in [2.45, 2.75) is 30.7 Å². The van der Waals surface area contributed by atoms with Gasteiger partial charge in [0.25, 0.3) is 0 Å². The maximum atomic E-state index is 12.2. The molecule has 0 aliphatic carbocycles. The van der Waals surface area contributed by atoms with Gasteiger partial charge >= 0.3 is 0 Å². The number of hydrogen-bond donors (Lipinski definition) is 1. The summed E-state index contributed by atoms with van der Waals surface area (Å²) in [6.07, 6.45) is 5.90. The second kappa shape index (κ2) is 8.35. The van der Waals surface area contributed by atoms with Crippen LogP contribution >= 0.6 is 11.8 Å². The smallest absolute Gasteiger partial charge is 0.230 e. The predicted octanol–water partition coefficient (Wildman–Crippen LogP) is 3.03. The van der Waals surface area contributed by atoms with Crippen LogP contribution in [0.25, 0.3) is 0 Å². The zero-order chi connectivity index (χ0) is 16.8. The molecular weight excluding hydrogens is 322 g/mol. The molecule has 128 valence electrons. The number of hydrogen-bond acceptors (Lipinski definition) is 5.